The van der Waals surface area contributed by atoms with Gasteiger partial charge in [-0.15, -0.1) is 0 Å². The van der Waals surface area contributed by atoms with Gasteiger partial charge in [0.2, 0.25) is 5.91 Å². The lowest BCUT2D eigenvalue weighted by Crippen LogP contribution is -2.49. The van der Waals surface area contributed by atoms with Crippen LogP contribution >= 0.6 is 0 Å². The van der Waals surface area contributed by atoms with Gasteiger partial charge in [-0.05, 0) is 19.3 Å². The molecule has 0 N–H and O–H groups in total. The van der Waals surface area contributed by atoms with E-state index in [4.69, 9.17) is 0 Å². The standard InChI is InChI=1S/C18H26N6O/c1-14-12-16(24-18(21-14)19-13-20-24)22-8-10-23(11-9-22)17(25)7-6-15-4-2-3-5-15/h12-13,15H,2-11H2,1H3. The zero-order chi connectivity index (χ0) is 17.2. The van der Waals surface area contributed by atoms with Gasteiger partial charge in [-0.3, -0.25) is 4.79 Å². The molecule has 0 spiro atoms. The van der Waals surface area contributed by atoms with Crippen LogP contribution in [0.5, 0.6) is 0 Å². The summed E-state index contributed by atoms with van der Waals surface area (Å²) in [6.07, 6.45) is 8.65. The van der Waals surface area contributed by atoms with Crippen LogP contribution in [0.25, 0.3) is 5.78 Å². The summed E-state index contributed by atoms with van der Waals surface area (Å²) in [5.74, 6) is 2.75. The molecule has 1 saturated carbocycles. The molecule has 0 unspecified atom stereocenters. The number of aromatic nitrogens is 4. The monoisotopic (exact) mass is 342 g/mol. The molecule has 0 radical (unpaired) electrons. The van der Waals surface area contributed by atoms with Gasteiger partial charge in [0.1, 0.15) is 12.1 Å². The van der Waals surface area contributed by atoms with Crippen LogP contribution in [0.2, 0.25) is 0 Å². The van der Waals surface area contributed by atoms with Crippen LogP contribution < -0.4 is 4.90 Å². The highest BCUT2D eigenvalue weighted by Crippen LogP contribution is 2.28. The summed E-state index contributed by atoms with van der Waals surface area (Å²) in [5, 5.41) is 4.28. The fourth-order valence-corrected chi connectivity index (χ4v) is 4.11. The minimum atomic E-state index is 0.323. The summed E-state index contributed by atoms with van der Waals surface area (Å²) in [7, 11) is 0. The van der Waals surface area contributed by atoms with Gasteiger partial charge in [0.05, 0.1) is 0 Å². The van der Waals surface area contributed by atoms with Crippen molar-refractivity contribution in [2.45, 2.75) is 45.4 Å². The smallest absolute Gasteiger partial charge is 0.254 e. The summed E-state index contributed by atoms with van der Waals surface area (Å²) < 4.78 is 1.78. The lowest BCUT2D eigenvalue weighted by Gasteiger charge is -2.36. The Morgan fingerprint density at radius 3 is 2.72 bits per heavy atom. The molecule has 4 rings (SSSR count). The Morgan fingerprint density at radius 2 is 1.96 bits per heavy atom. The fourth-order valence-electron chi connectivity index (χ4n) is 4.11. The minimum Gasteiger partial charge on any atom is -0.353 e. The van der Waals surface area contributed by atoms with E-state index in [-0.39, 0.29) is 0 Å². The van der Waals surface area contributed by atoms with Gasteiger partial charge in [0.15, 0.2) is 0 Å². The van der Waals surface area contributed by atoms with Gasteiger partial charge in [-0.25, -0.2) is 4.98 Å². The number of carbonyl (C=O) groups excluding carboxylic acids is 1. The molecule has 2 aromatic heterocycles. The summed E-state index contributed by atoms with van der Waals surface area (Å²) >= 11 is 0. The lowest BCUT2D eigenvalue weighted by atomic mass is 10.0. The number of hydrogen-bond donors (Lipinski definition) is 0. The SMILES string of the molecule is Cc1cc(N2CCN(C(=O)CCC3CCCC3)CC2)n2ncnc2n1. The zero-order valence-electron chi connectivity index (χ0n) is 14.9. The lowest BCUT2D eigenvalue weighted by molar-refractivity contribution is -0.131. The van der Waals surface area contributed by atoms with Gasteiger partial charge in [-0.2, -0.15) is 14.6 Å². The average Bonchev–Trinajstić information content (AvgIpc) is 3.30. The van der Waals surface area contributed by atoms with Crippen LogP contribution in [0, 0.1) is 12.8 Å². The summed E-state index contributed by atoms with van der Waals surface area (Å²) in [5.41, 5.74) is 0.936. The van der Waals surface area contributed by atoms with Crippen LogP contribution in [0.1, 0.15) is 44.2 Å². The molecule has 25 heavy (non-hydrogen) atoms. The van der Waals surface area contributed by atoms with Crippen molar-refractivity contribution in [1.82, 2.24) is 24.5 Å². The third kappa shape index (κ3) is 3.45. The number of fused-ring (bicyclic) bond motifs is 1. The number of aryl methyl sites for hydroxylation is 1. The molecule has 7 heteroatoms. The van der Waals surface area contributed by atoms with E-state index in [2.05, 4.69) is 20.0 Å². The van der Waals surface area contributed by atoms with Crippen molar-refractivity contribution in [3.05, 3.63) is 18.1 Å². The third-order valence-electron chi connectivity index (χ3n) is 5.56. The Kier molecular flexibility index (Phi) is 4.55. The van der Waals surface area contributed by atoms with E-state index in [9.17, 15) is 4.79 Å². The third-order valence-corrected chi connectivity index (χ3v) is 5.56. The first-order chi connectivity index (χ1) is 12.2. The van der Waals surface area contributed by atoms with Crippen LogP contribution in [0.15, 0.2) is 12.4 Å². The second-order valence-electron chi connectivity index (χ2n) is 7.28. The Morgan fingerprint density at radius 1 is 1.20 bits per heavy atom. The molecular weight excluding hydrogens is 316 g/mol. The van der Waals surface area contributed by atoms with Crippen molar-refractivity contribution in [3.8, 4) is 0 Å². The van der Waals surface area contributed by atoms with Gasteiger partial charge >= 0.3 is 0 Å². The molecule has 7 nitrogen and oxygen atoms in total. The van der Waals surface area contributed by atoms with E-state index in [1.165, 1.54) is 32.0 Å². The average molecular weight is 342 g/mol. The Labute approximate surface area is 148 Å². The van der Waals surface area contributed by atoms with Crippen LogP contribution in [0.3, 0.4) is 0 Å². The number of carbonyl (C=O) groups is 1. The molecule has 2 aliphatic rings. The van der Waals surface area contributed by atoms with Crippen LogP contribution in [-0.4, -0.2) is 56.6 Å². The van der Waals surface area contributed by atoms with E-state index < -0.39 is 0 Å². The number of hydrogen-bond acceptors (Lipinski definition) is 5. The summed E-state index contributed by atoms with van der Waals surface area (Å²) in [6.45, 7) is 5.18. The van der Waals surface area contributed by atoms with Crippen molar-refractivity contribution in [2.24, 2.45) is 5.92 Å². The highest BCUT2D eigenvalue weighted by molar-refractivity contribution is 5.76. The van der Waals surface area contributed by atoms with E-state index in [0.29, 0.717) is 18.1 Å². The Hall–Kier alpha value is -2.18. The van der Waals surface area contributed by atoms with E-state index in [1.807, 2.05) is 17.9 Å². The molecule has 0 bridgehead atoms. The summed E-state index contributed by atoms with van der Waals surface area (Å²) in [4.78, 5) is 25.4. The maximum Gasteiger partial charge on any atom is 0.254 e. The predicted octanol–water partition coefficient (Wildman–Crippen LogP) is 2.05. The predicted molar refractivity (Wildman–Crippen MR) is 95.5 cm³/mol. The molecule has 1 saturated heterocycles. The van der Waals surface area contributed by atoms with Gasteiger partial charge in [-0.1, -0.05) is 25.7 Å². The number of amides is 1. The minimum absolute atomic E-state index is 0.323. The maximum atomic E-state index is 12.5. The number of anilines is 1. The number of rotatable bonds is 4. The van der Waals surface area contributed by atoms with Crippen molar-refractivity contribution in [2.75, 3.05) is 31.1 Å². The molecule has 2 aromatic rings. The van der Waals surface area contributed by atoms with Crippen molar-refractivity contribution >= 4 is 17.5 Å². The Bertz CT molecular complexity index is 743. The second-order valence-corrected chi connectivity index (χ2v) is 7.28. The van der Waals surface area contributed by atoms with Crippen LogP contribution in [0.4, 0.5) is 5.82 Å². The topological polar surface area (TPSA) is 66.6 Å². The summed E-state index contributed by atoms with van der Waals surface area (Å²) in [6, 6.07) is 2.04. The second kappa shape index (κ2) is 6.98. The highest BCUT2D eigenvalue weighted by Gasteiger charge is 2.24. The quantitative estimate of drug-likeness (QED) is 0.851. The molecule has 2 fully saturated rings. The van der Waals surface area contributed by atoms with E-state index >= 15 is 0 Å². The Balaban J connectivity index is 1.36. The molecule has 1 amide bonds. The fraction of sp³-hybridized carbons (Fsp3) is 0.667. The molecule has 1 aliphatic heterocycles. The van der Waals surface area contributed by atoms with Crippen molar-refractivity contribution < 1.29 is 4.79 Å². The normalized spacial score (nSPS) is 19.1. The van der Waals surface area contributed by atoms with E-state index in [0.717, 1.165) is 50.0 Å². The first kappa shape index (κ1) is 16.3. The molecule has 3 heterocycles. The molecular formula is C18H26N6O. The van der Waals surface area contributed by atoms with Crippen molar-refractivity contribution in [1.29, 1.82) is 0 Å². The molecule has 1 aliphatic carbocycles. The van der Waals surface area contributed by atoms with Gasteiger partial charge in [0.25, 0.3) is 5.78 Å². The molecule has 134 valence electrons. The van der Waals surface area contributed by atoms with Crippen LogP contribution in [-0.2, 0) is 4.79 Å². The maximum absolute atomic E-state index is 12.5. The first-order valence-electron chi connectivity index (χ1n) is 9.41. The molecule has 0 atom stereocenters. The zero-order valence-corrected chi connectivity index (χ0v) is 14.9. The molecule has 0 aromatic carbocycles. The number of nitrogens with zero attached hydrogens (tertiary/aromatic N) is 6. The number of piperazine rings is 1. The van der Waals surface area contributed by atoms with Crippen molar-refractivity contribution in [3.63, 3.8) is 0 Å². The van der Waals surface area contributed by atoms with E-state index in [1.54, 1.807) is 4.52 Å². The van der Waals surface area contributed by atoms with Gasteiger partial charge < -0.3 is 9.80 Å². The first-order valence-corrected chi connectivity index (χ1v) is 9.41. The largest absolute Gasteiger partial charge is 0.353 e. The van der Waals surface area contributed by atoms with Gasteiger partial charge in [0, 0.05) is 44.4 Å². The highest BCUT2D eigenvalue weighted by atomic mass is 16.2.